The Morgan fingerprint density at radius 3 is 2.82 bits per heavy atom. The number of halogens is 1. The van der Waals surface area contributed by atoms with Gasteiger partial charge >= 0.3 is 0 Å². The Bertz CT molecular complexity index is 584. The minimum atomic E-state index is 0.609. The van der Waals surface area contributed by atoms with Crippen LogP contribution in [0.2, 0.25) is 5.15 Å². The van der Waals surface area contributed by atoms with Gasteiger partial charge < -0.3 is 0 Å². The molecule has 0 N–H and O–H groups in total. The first-order valence-corrected chi connectivity index (χ1v) is 6.98. The third-order valence-corrected chi connectivity index (χ3v) is 4.20. The molecular formula is C13H11ClN2S. The Labute approximate surface area is 109 Å². The summed E-state index contributed by atoms with van der Waals surface area (Å²) in [5, 5.41) is 0.609. The number of aryl methyl sites for hydroxylation is 1. The van der Waals surface area contributed by atoms with Gasteiger partial charge in [0.05, 0.1) is 5.69 Å². The summed E-state index contributed by atoms with van der Waals surface area (Å²) < 4.78 is 0. The first-order chi connectivity index (χ1) is 8.25. The van der Waals surface area contributed by atoms with Crippen molar-refractivity contribution in [2.45, 2.75) is 18.4 Å². The standard InChI is InChI=1S/C13H11ClN2S/c1-8-4-2-3-5-9(8)13-15-11-7-17-6-10(11)12(14)16-13/h2-5H,6-7H2,1H3. The molecular weight excluding hydrogens is 252 g/mol. The first-order valence-electron chi connectivity index (χ1n) is 5.45. The molecule has 1 aromatic heterocycles. The van der Waals surface area contributed by atoms with E-state index < -0.39 is 0 Å². The monoisotopic (exact) mass is 262 g/mol. The molecule has 0 fully saturated rings. The van der Waals surface area contributed by atoms with E-state index in [0.717, 1.165) is 34.2 Å². The van der Waals surface area contributed by atoms with Crippen LogP contribution in [0.3, 0.4) is 0 Å². The average Bonchev–Trinajstić information content (AvgIpc) is 2.78. The molecule has 0 saturated carbocycles. The van der Waals surface area contributed by atoms with Gasteiger partial charge in [0.2, 0.25) is 0 Å². The summed E-state index contributed by atoms with van der Waals surface area (Å²) in [6, 6.07) is 8.12. The van der Waals surface area contributed by atoms with Crippen LogP contribution in [0, 0.1) is 6.92 Å². The van der Waals surface area contributed by atoms with Crippen molar-refractivity contribution < 1.29 is 0 Å². The zero-order chi connectivity index (χ0) is 11.8. The summed E-state index contributed by atoms with van der Waals surface area (Å²) in [6.07, 6.45) is 0. The number of nitrogens with zero attached hydrogens (tertiary/aromatic N) is 2. The van der Waals surface area contributed by atoms with Gasteiger partial charge in [0.15, 0.2) is 5.82 Å². The Morgan fingerprint density at radius 1 is 1.18 bits per heavy atom. The number of benzene rings is 1. The van der Waals surface area contributed by atoms with Crippen LogP contribution < -0.4 is 0 Å². The van der Waals surface area contributed by atoms with Crippen LogP contribution in [0.1, 0.15) is 16.8 Å². The normalized spacial score (nSPS) is 13.8. The van der Waals surface area contributed by atoms with Gasteiger partial charge in [0.25, 0.3) is 0 Å². The lowest BCUT2D eigenvalue weighted by Crippen LogP contribution is -1.98. The highest BCUT2D eigenvalue weighted by molar-refractivity contribution is 7.98. The number of thioether (sulfide) groups is 1. The van der Waals surface area contributed by atoms with Crippen LogP contribution >= 0.6 is 23.4 Å². The first kappa shape index (κ1) is 11.1. The van der Waals surface area contributed by atoms with Gasteiger partial charge in [0.1, 0.15) is 5.15 Å². The molecule has 17 heavy (non-hydrogen) atoms. The number of hydrogen-bond acceptors (Lipinski definition) is 3. The van der Waals surface area contributed by atoms with Gasteiger partial charge in [-0.2, -0.15) is 11.8 Å². The predicted octanol–water partition coefficient (Wildman–Crippen LogP) is 3.85. The maximum atomic E-state index is 6.21. The lowest BCUT2D eigenvalue weighted by molar-refractivity contribution is 1.07. The fourth-order valence-electron chi connectivity index (χ4n) is 1.96. The molecule has 0 amide bonds. The summed E-state index contributed by atoms with van der Waals surface area (Å²) in [4.78, 5) is 9.05. The molecule has 2 aromatic rings. The molecule has 0 saturated heterocycles. The summed E-state index contributed by atoms with van der Waals surface area (Å²) in [6.45, 7) is 2.06. The predicted molar refractivity (Wildman–Crippen MR) is 72.2 cm³/mol. The highest BCUT2D eigenvalue weighted by atomic mass is 35.5. The fraction of sp³-hybridized carbons (Fsp3) is 0.231. The number of rotatable bonds is 1. The number of aromatic nitrogens is 2. The van der Waals surface area contributed by atoms with Crippen molar-refractivity contribution in [2.24, 2.45) is 0 Å². The van der Waals surface area contributed by atoms with E-state index >= 15 is 0 Å². The highest BCUT2D eigenvalue weighted by Crippen LogP contribution is 2.34. The van der Waals surface area contributed by atoms with Crippen molar-refractivity contribution in [1.29, 1.82) is 0 Å². The summed E-state index contributed by atoms with van der Waals surface area (Å²) in [7, 11) is 0. The van der Waals surface area contributed by atoms with Crippen molar-refractivity contribution in [2.75, 3.05) is 0 Å². The van der Waals surface area contributed by atoms with Crippen LogP contribution in [0.25, 0.3) is 11.4 Å². The minimum absolute atomic E-state index is 0.609. The molecule has 2 heterocycles. The Balaban J connectivity index is 2.17. The number of hydrogen-bond donors (Lipinski definition) is 0. The second kappa shape index (κ2) is 4.31. The van der Waals surface area contributed by atoms with Gasteiger partial charge in [-0.1, -0.05) is 35.9 Å². The molecule has 0 radical (unpaired) electrons. The van der Waals surface area contributed by atoms with E-state index in [0.29, 0.717) is 5.15 Å². The summed E-state index contributed by atoms with van der Waals surface area (Å²) in [5.74, 6) is 2.62. The highest BCUT2D eigenvalue weighted by Gasteiger charge is 2.19. The van der Waals surface area contributed by atoms with E-state index in [1.54, 1.807) is 0 Å². The van der Waals surface area contributed by atoms with Gasteiger partial charge in [0, 0.05) is 22.6 Å². The largest absolute Gasteiger partial charge is 0.232 e. The Kier molecular flexibility index (Phi) is 2.81. The van der Waals surface area contributed by atoms with Gasteiger partial charge in [-0.15, -0.1) is 0 Å². The van der Waals surface area contributed by atoms with E-state index in [2.05, 4.69) is 23.0 Å². The molecule has 0 unspecified atom stereocenters. The second-order valence-corrected chi connectivity index (χ2v) is 5.41. The molecule has 0 atom stereocenters. The van der Waals surface area contributed by atoms with Gasteiger partial charge in [-0.3, -0.25) is 0 Å². The maximum absolute atomic E-state index is 6.21. The molecule has 1 aliphatic heterocycles. The van der Waals surface area contributed by atoms with E-state index in [9.17, 15) is 0 Å². The van der Waals surface area contributed by atoms with Crippen LogP contribution in [0.5, 0.6) is 0 Å². The van der Waals surface area contributed by atoms with E-state index in [1.165, 1.54) is 5.56 Å². The second-order valence-electron chi connectivity index (χ2n) is 4.07. The van der Waals surface area contributed by atoms with Crippen LogP contribution in [0.15, 0.2) is 24.3 Å². The fourth-order valence-corrected chi connectivity index (χ4v) is 3.33. The molecule has 0 aliphatic carbocycles. The Hall–Kier alpha value is -1.06. The molecule has 86 valence electrons. The summed E-state index contributed by atoms with van der Waals surface area (Å²) >= 11 is 8.05. The lowest BCUT2D eigenvalue weighted by atomic mass is 10.1. The SMILES string of the molecule is Cc1ccccc1-c1nc(Cl)c2c(n1)CSC2. The van der Waals surface area contributed by atoms with Crippen molar-refractivity contribution in [1.82, 2.24) is 9.97 Å². The van der Waals surface area contributed by atoms with Crippen LogP contribution in [0.4, 0.5) is 0 Å². The third kappa shape index (κ3) is 1.94. The third-order valence-electron chi connectivity index (χ3n) is 2.91. The molecule has 1 aromatic carbocycles. The van der Waals surface area contributed by atoms with Gasteiger partial charge in [-0.05, 0) is 12.5 Å². The molecule has 2 nitrogen and oxygen atoms in total. The summed E-state index contributed by atoms with van der Waals surface area (Å²) in [5.41, 5.74) is 4.44. The van der Waals surface area contributed by atoms with E-state index in [1.807, 2.05) is 30.0 Å². The van der Waals surface area contributed by atoms with Crippen molar-refractivity contribution in [3.8, 4) is 11.4 Å². The lowest BCUT2D eigenvalue weighted by Gasteiger charge is -2.07. The van der Waals surface area contributed by atoms with E-state index in [4.69, 9.17) is 11.6 Å². The number of fused-ring (bicyclic) bond motifs is 1. The minimum Gasteiger partial charge on any atom is -0.232 e. The van der Waals surface area contributed by atoms with E-state index in [-0.39, 0.29) is 0 Å². The topological polar surface area (TPSA) is 25.8 Å². The maximum Gasteiger partial charge on any atom is 0.161 e. The molecule has 0 spiro atoms. The van der Waals surface area contributed by atoms with Gasteiger partial charge in [-0.25, -0.2) is 9.97 Å². The molecule has 0 bridgehead atoms. The molecule has 4 heteroatoms. The zero-order valence-electron chi connectivity index (χ0n) is 9.40. The Morgan fingerprint density at radius 2 is 2.00 bits per heavy atom. The van der Waals surface area contributed by atoms with Crippen molar-refractivity contribution in [3.63, 3.8) is 0 Å². The quantitative estimate of drug-likeness (QED) is 0.730. The average molecular weight is 263 g/mol. The molecule has 3 rings (SSSR count). The van der Waals surface area contributed by atoms with Crippen molar-refractivity contribution in [3.05, 3.63) is 46.2 Å². The van der Waals surface area contributed by atoms with Crippen LogP contribution in [-0.2, 0) is 11.5 Å². The molecule has 1 aliphatic rings. The van der Waals surface area contributed by atoms with Crippen molar-refractivity contribution >= 4 is 23.4 Å². The van der Waals surface area contributed by atoms with Crippen LogP contribution in [-0.4, -0.2) is 9.97 Å². The smallest absolute Gasteiger partial charge is 0.161 e. The zero-order valence-corrected chi connectivity index (χ0v) is 11.0.